The average Bonchev–Trinajstić information content (AvgIpc) is 3.40. The van der Waals surface area contributed by atoms with E-state index in [-0.39, 0.29) is 31.1 Å². The molecule has 0 spiro atoms. The van der Waals surface area contributed by atoms with Gasteiger partial charge in [0.05, 0.1) is 0 Å². The van der Waals surface area contributed by atoms with Gasteiger partial charge in [0.25, 0.3) is 0 Å². The molecule has 0 aliphatic heterocycles. The Labute approximate surface area is 463 Å². The number of hydrogen-bond acceptors (Lipinski definition) is 6. The Balaban J connectivity index is 4.21. The van der Waals surface area contributed by atoms with Crippen molar-refractivity contribution in [3.63, 3.8) is 0 Å². The molecule has 0 saturated carbocycles. The van der Waals surface area contributed by atoms with E-state index in [1.54, 1.807) is 0 Å². The van der Waals surface area contributed by atoms with Crippen LogP contribution in [-0.2, 0) is 28.6 Å². The molecule has 0 aromatic carbocycles. The molecular weight excluding hydrogens is 913 g/mol. The summed E-state index contributed by atoms with van der Waals surface area (Å²) in [5, 5.41) is 0. The molecule has 0 bridgehead atoms. The quantitative estimate of drug-likeness (QED) is 0.0343. The van der Waals surface area contributed by atoms with E-state index < -0.39 is 6.10 Å². The van der Waals surface area contributed by atoms with Gasteiger partial charge in [-0.1, -0.05) is 361 Å². The highest BCUT2D eigenvalue weighted by Gasteiger charge is 2.19. The lowest BCUT2D eigenvalue weighted by Crippen LogP contribution is -2.30. The van der Waals surface area contributed by atoms with E-state index in [0.29, 0.717) is 19.3 Å². The number of carbonyl (C=O) groups is 3. The molecule has 74 heavy (non-hydrogen) atoms. The Morgan fingerprint density at radius 1 is 0.216 bits per heavy atom. The molecule has 0 saturated heterocycles. The maximum absolute atomic E-state index is 12.9. The topological polar surface area (TPSA) is 78.9 Å². The van der Waals surface area contributed by atoms with Crippen molar-refractivity contribution in [2.45, 2.75) is 406 Å². The first-order valence-electron chi connectivity index (χ1n) is 34.0. The van der Waals surface area contributed by atoms with Gasteiger partial charge in [-0.25, -0.2) is 0 Å². The summed E-state index contributed by atoms with van der Waals surface area (Å²) in [5.74, 6) is -0.822. The second-order valence-corrected chi connectivity index (χ2v) is 23.5. The fraction of sp³-hybridized carbons (Fsp3) is 0.956. The molecule has 0 radical (unpaired) electrons. The molecule has 0 heterocycles. The summed E-state index contributed by atoms with van der Waals surface area (Å²) < 4.78 is 17.0. The summed E-state index contributed by atoms with van der Waals surface area (Å²) in [6.07, 6.45) is 74.1. The zero-order chi connectivity index (χ0) is 53.6. The number of esters is 3. The monoisotopic (exact) mass is 1050 g/mol. The predicted octanol–water partition coefficient (Wildman–Crippen LogP) is 23.1. The maximum Gasteiger partial charge on any atom is 0.306 e. The summed E-state index contributed by atoms with van der Waals surface area (Å²) in [6.45, 7) is 6.74. The summed E-state index contributed by atoms with van der Waals surface area (Å²) in [5.41, 5.74) is 0. The highest BCUT2D eigenvalue weighted by molar-refractivity contribution is 5.71. The minimum atomic E-state index is -0.762. The van der Waals surface area contributed by atoms with E-state index in [1.165, 1.54) is 302 Å². The Hall–Kier alpha value is -1.59. The molecule has 0 aromatic rings. The standard InChI is InChI=1S/C68H132O6/c1-4-7-10-13-16-19-22-25-27-29-31-33-34-35-37-38-40-43-46-49-52-55-58-61-67(70)73-64-65(63-72-66(69)60-57-54-51-48-45-42-24-21-18-15-12-9-6-3)74-68(71)62-59-56-53-50-47-44-41-39-36-32-30-28-26-23-20-17-14-11-8-5-2/h65H,4-64H2,1-3H3. The van der Waals surface area contributed by atoms with Crippen LogP contribution in [0.1, 0.15) is 400 Å². The molecule has 6 nitrogen and oxygen atoms in total. The van der Waals surface area contributed by atoms with Crippen molar-refractivity contribution in [2.24, 2.45) is 0 Å². The van der Waals surface area contributed by atoms with Crippen molar-refractivity contribution in [2.75, 3.05) is 13.2 Å². The van der Waals surface area contributed by atoms with Gasteiger partial charge in [0.1, 0.15) is 13.2 Å². The number of ether oxygens (including phenoxy) is 3. The van der Waals surface area contributed by atoms with Crippen LogP contribution in [-0.4, -0.2) is 37.2 Å². The minimum absolute atomic E-state index is 0.0603. The summed E-state index contributed by atoms with van der Waals surface area (Å²) in [4.78, 5) is 38.3. The molecular formula is C68H132O6. The van der Waals surface area contributed by atoms with Crippen molar-refractivity contribution in [3.05, 3.63) is 0 Å². The smallest absolute Gasteiger partial charge is 0.306 e. The summed E-state index contributed by atoms with van der Waals surface area (Å²) >= 11 is 0. The van der Waals surface area contributed by atoms with Gasteiger partial charge in [-0.05, 0) is 19.3 Å². The molecule has 1 atom stereocenters. The highest BCUT2D eigenvalue weighted by Crippen LogP contribution is 2.19. The normalized spacial score (nSPS) is 11.9. The van der Waals surface area contributed by atoms with E-state index in [4.69, 9.17) is 14.2 Å². The molecule has 0 fully saturated rings. The minimum Gasteiger partial charge on any atom is -0.462 e. The number of carbonyl (C=O) groups excluding carboxylic acids is 3. The zero-order valence-corrected chi connectivity index (χ0v) is 50.7. The first-order chi connectivity index (χ1) is 36.5. The number of unbranched alkanes of at least 4 members (excludes halogenated alkanes) is 53. The van der Waals surface area contributed by atoms with Gasteiger partial charge in [-0.15, -0.1) is 0 Å². The fourth-order valence-electron chi connectivity index (χ4n) is 10.7. The Bertz CT molecular complexity index is 1110. The zero-order valence-electron chi connectivity index (χ0n) is 50.7. The molecule has 0 aliphatic carbocycles. The molecule has 1 unspecified atom stereocenters. The van der Waals surface area contributed by atoms with Crippen molar-refractivity contribution < 1.29 is 28.6 Å². The largest absolute Gasteiger partial charge is 0.462 e. The molecule has 6 heteroatoms. The first-order valence-corrected chi connectivity index (χ1v) is 34.0. The highest BCUT2D eigenvalue weighted by atomic mass is 16.6. The third-order valence-corrected chi connectivity index (χ3v) is 15.9. The maximum atomic E-state index is 12.9. The van der Waals surface area contributed by atoms with Crippen molar-refractivity contribution in [1.82, 2.24) is 0 Å². The molecule has 0 N–H and O–H groups in total. The SMILES string of the molecule is CCCCCCCCCCCCCCCCCCCCCCCCCC(=O)OCC(COC(=O)CCCCCCCCCCCCCCC)OC(=O)CCCCCCCCCCCCCCCCCCCCCC. The molecule has 0 aliphatic rings. The van der Waals surface area contributed by atoms with Crippen LogP contribution in [0.3, 0.4) is 0 Å². The Morgan fingerprint density at radius 2 is 0.365 bits per heavy atom. The van der Waals surface area contributed by atoms with Gasteiger partial charge in [-0.2, -0.15) is 0 Å². The lowest BCUT2D eigenvalue weighted by atomic mass is 10.0. The van der Waals surface area contributed by atoms with Crippen LogP contribution in [0, 0.1) is 0 Å². The van der Waals surface area contributed by atoms with Gasteiger partial charge in [0, 0.05) is 19.3 Å². The number of rotatable bonds is 64. The van der Waals surface area contributed by atoms with E-state index in [2.05, 4.69) is 20.8 Å². The lowest BCUT2D eigenvalue weighted by molar-refractivity contribution is -0.167. The van der Waals surface area contributed by atoms with Crippen LogP contribution in [0.5, 0.6) is 0 Å². The van der Waals surface area contributed by atoms with Crippen LogP contribution >= 0.6 is 0 Å². The van der Waals surface area contributed by atoms with Gasteiger partial charge < -0.3 is 14.2 Å². The van der Waals surface area contributed by atoms with Gasteiger partial charge in [-0.3, -0.25) is 14.4 Å². The van der Waals surface area contributed by atoms with Crippen molar-refractivity contribution in [3.8, 4) is 0 Å². The fourth-order valence-corrected chi connectivity index (χ4v) is 10.7. The molecule has 0 amide bonds. The van der Waals surface area contributed by atoms with Gasteiger partial charge >= 0.3 is 17.9 Å². The van der Waals surface area contributed by atoms with Crippen LogP contribution in [0.15, 0.2) is 0 Å². The van der Waals surface area contributed by atoms with Crippen LogP contribution in [0.25, 0.3) is 0 Å². The summed E-state index contributed by atoms with van der Waals surface area (Å²) in [6, 6.07) is 0. The van der Waals surface area contributed by atoms with Gasteiger partial charge in [0.15, 0.2) is 6.10 Å². The second-order valence-electron chi connectivity index (χ2n) is 23.5. The van der Waals surface area contributed by atoms with E-state index in [1.807, 2.05) is 0 Å². The van der Waals surface area contributed by atoms with Crippen molar-refractivity contribution >= 4 is 17.9 Å². The second kappa shape index (κ2) is 63.9. The Kier molecular flexibility index (Phi) is 62.6. The first kappa shape index (κ1) is 72.4. The summed E-state index contributed by atoms with van der Waals surface area (Å²) in [7, 11) is 0. The van der Waals surface area contributed by atoms with Crippen LogP contribution < -0.4 is 0 Å². The molecule has 0 aromatic heterocycles. The van der Waals surface area contributed by atoms with Crippen LogP contribution in [0.4, 0.5) is 0 Å². The lowest BCUT2D eigenvalue weighted by Gasteiger charge is -2.18. The van der Waals surface area contributed by atoms with Crippen molar-refractivity contribution in [1.29, 1.82) is 0 Å². The Morgan fingerprint density at radius 3 is 0.541 bits per heavy atom. The average molecular weight is 1050 g/mol. The van der Waals surface area contributed by atoms with E-state index in [9.17, 15) is 14.4 Å². The molecule has 0 rings (SSSR count). The molecule has 440 valence electrons. The number of hydrogen-bond donors (Lipinski definition) is 0. The third kappa shape index (κ3) is 61.3. The van der Waals surface area contributed by atoms with E-state index >= 15 is 0 Å². The van der Waals surface area contributed by atoms with Gasteiger partial charge in [0.2, 0.25) is 0 Å². The van der Waals surface area contributed by atoms with E-state index in [0.717, 1.165) is 57.8 Å². The van der Waals surface area contributed by atoms with Crippen LogP contribution in [0.2, 0.25) is 0 Å². The third-order valence-electron chi connectivity index (χ3n) is 15.9. The predicted molar refractivity (Wildman–Crippen MR) is 321 cm³/mol.